The summed E-state index contributed by atoms with van der Waals surface area (Å²) in [4.78, 5) is 18.1. The van der Waals surface area contributed by atoms with Gasteiger partial charge in [0.15, 0.2) is 5.82 Å². The van der Waals surface area contributed by atoms with Crippen molar-refractivity contribution < 1.29 is 4.79 Å². The molecule has 0 saturated carbocycles. The van der Waals surface area contributed by atoms with Gasteiger partial charge in [0.05, 0.1) is 15.6 Å². The molecule has 1 amide bonds. The first-order valence-electron chi connectivity index (χ1n) is 9.09. The van der Waals surface area contributed by atoms with Gasteiger partial charge in [0.25, 0.3) is 5.91 Å². The molecule has 0 radical (unpaired) electrons. The lowest BCUT2D eigenvalue weighted by Crippen LogP contribution is -2.47. The predicted octanol–water partition coefficient (Wildman–Crippen LogP) is 4.98. The average Bonchev–Trinajstić information content (AvgIpc) is 3.36. The molecular weight excluding hydrogens is 415 g/mol. The number of likely N-dealkylation sites (tertiary alicyclic amines) is 1. The van der Waals surface area contributed by atoms with Crippen LogP contribution >= 0.6 is 34.5 Å². The fourth-order valence-electron chi connectivity index (χ4n) is 3.47. The monoisotopic (exact) mass is 434 g/mol. The van der Waals surface area contributed by atoms with E-state index in [1.807, 2.05) is 40.7 Å². The van der Waals surface area contributed by atoms with Crippen molar-refractivity contribution in [2.24, 2.45) is 0 Å². The van der Waals surface area contributed by atoms with Crippen LogP contribution in [0.2, 0.25) is 10.0 Å². The third-order valence-electron chi connectivity index (χ3n) is 4.98. The number of nitrogens with zero attached hydrogens (tertiary/aromatic N) is 4. The van der Waals surface area contributed by atoms with Gasteiger partial charge < -0.3 is 4.90 Å². The summed E-state index contributed by atoms with van der Waals surface area (Å²) in [5.41, 5.74) is 0.726. The van der Waals surface area contributed by atoms with Gasteiger partial charge in [-0.2, -0.15) is 0 Å². The molecule has 0 unspecified atom stereocenters. The Labute approximate surface area is 178 Å². The second kappa shape index (κ2) is 8.25. The fraction of sp³-hybridized carbons (Fsp3) is 0.300. The molecule has 28 heavy (non-hydrogen) atoms. The van der Waals surface area contributed by atoms with Crippen LogP contribution in [0.25, 0.3) is 5.69 Å². The van der Waals surface area contributed by atoms with Crippen LogP contribution in [0.1, 0.15) is 22.5 Å². The van der Waals surface area contributed by atoms with Crippen molar-refractivity contribution in [2.45, 2.75) is 18.9 Å². The average molecular weight is 435 g/mol. The molecule has 3 heterocycles. The molecule has 0 atom stereocenters. The standard InChI is InChI=1S/C20H20Cl2N4OS/c1-24-9-6-15(7-10-24)26(20(27)18-3-2-12-28-18)19-8-11-25(23-19)17-5-4-14(21)13-16(17)22/h2-5,8,11-13,15H,6-7,9-10H2,1H3. The minimum Gasteiger partial charge on any atom is -0.306 e. The summed E-state index contributed by atoms with van der Waals surface area (Å²) in [6, 6.07) is 11.0. The fourth-order valence-corrected chi connectivity index (χ4v) is 4.63. The van der Waals surface area contributed by atoms with Crippen molar-refractivity contribution in [2.75, 3.05) is 25.0 Å². The normalized spacial score (nSPS) is 15.7. The molecule has 1 aliphatic heterocycles. The second-order valence-corrected chi connectivity index (χ2v) is 8.69. The highest BCUT2D eigenvalue weighted by molar-refractivity contribution is 7.12. The van der Waals surface area contributed by atoms with Gasteiger partial charge in [0.1, 0.15) is 0 Å². The minimum absolute atomic E-state index is 0.00277. The third-order valence-corrected chi connectivity index (χ3v) is 6.38. The summed E-state index contributed by atoms with van der Waals surface area (Å²) >= 11 is 13.8. The topological polar surface area (TPSA) is 41.4 Å². The smallest absolute Gasteiger partial charge is 0.269 e. The molecule has 0 N–H and O–H groups in total. The van der Waals surface area contributed by atoms with Crippen LogP contribution in [-0.4, -0.2) is 46.8 Å². The van der Waals surface area contributed by atoms with Crippen molar-refractivity contribution >= 4 is 46.3 Å². The Morgan fingerprint density at radius 2 is 2.00 bits per heavy atom. The first kappa shape index (κ1) is 19.5. The Hall–Kier alpha value is -1.86. The maximum Gasteiger partial charge on any atom is 0.269 e. The number of anilines is 1. The molecule has 0 bridgehead atoms. The number of rotatable bonds is 4. The molecule has 1 fully saturated rings. The number of hydrogen-bond donors (Lipinski definition) is 0. The second-order valence-electron chi connectivity index (χ2n) is 6.90. The molecule has 1 aromatic carbocycles. The molecule has 5 nitrogen and oxygen atoms in total. The maximum atomic E-state index is 13.3. The molecule has 8 heteroatoms. The zero-order valence-corrected chi connectivity index (χ0v) is 17.7. The summed E-state index contributed by atoms with van der Waals surface area (Å²) in [5.74, 6) is 0.635. The first-order valence-corrected chi connectivity index (χ1v) is 10.7. The number of piperidine rings is 1. The Morgan fingerprint density at radius 1 is 1.21 bits per heavy atom. The van der Waals surface area contributed by atoms with E-state index in [0.717, 1.165) is 36.5 Å². The Balaban J connectivity index is 1.68. The number of carbonyl (C=O) groups excluding carboxylic acids is 1. The largest absolute Gasteiger partial charge is 0.306 e. The zero-order chi connectivity index (χ0) is 19.7. The van der Waals surface area contributed by atoms with E-state index in [2.05, 4.69) is 17.0 Å². The van der Waals surface area contributed by atoms with Crippen molar-refractivity contribution in [3.63, 3.8) is 0 Å². The van der Waals surface area contributed by atoms with E-state index in [-0.39, 0.29) is 11.9 Å². The van der Waals surface area contributed by atoms with Gasteiger partial charge in [-0.25, -0.2) is 4.68 Å². The number of carbonyl (C=O) groups is 1. The molecule has 2 aromatic heterocycles. The van der Waals surface area contributed by atoms with Crippen LogP contribution in [0.3, 0.4) is 0 Å². The number of halogens is 2. The summed E-state index contributed by atoms with van der Waals surface area (Å²) in [6.45, 7) is 1.92. The highest BCUT2D eigenvalue weighted by atomic mass is 35.5. The van der Waals surface area contributed by atoms with Crippen LogP contribution in [0.15, 0.2) is 48.0 Å². The molecule has 0 spiro atoms. The molecule has 3 aromatic rings. The molecule has 4 rings (SSSR count). The molecular formula is C20H20Cl2N4OS. The molecule has 1 saturated heterocycles. The van der Waals surface area contributed by atoms with Gasteiger partial charge in [-0.05, 0) is 62.6 Å². The quantitative estimate of drug-likeness (QED) is 0.581. The molecule has 0 aliphatic carbocycles. The van der Waals surface area contributed by atoms with Crippen molar-refractivity contribution in [1.82, 2.24) is 14.7 Å². The van der Waals surface area contributed by atoms with Crippen LogP contribution in [-0.2, 0) is 0 Å². The van der Waals surface area contributed by atoms with E-state index in [9.17, 15) is 4.79 Å². The van der Waals surface area contributed by atoms with Gasteiger partial charge in [-0.3, -0.25) is 9.69 Å². The molecule has 146 valence electrons. The van der Waals surface area contributed by atoms with Crippen LogP contribution in [0.5, 0.6) is 0 Å². The van der Waals surface area contributed by atoms with E-state index in [0.29, 0.717) is 15.9 Å². The third kappa shape index (κ3) is 3.96. The van der Waals surface area contributed by atoms with Crippen LogP contribution in [0.4, 0.5) is 5.82 Å². The van der Waals surface area contributed by atoms with Crippen molar-refractivity contribution in [3.8, 4) is 5.69 Å². The van der Waals surface area contributed by atoms with Crippen LogP contribution in [0, 0.1) is 0 Å². The predicted molar refractivity (Wildman–Crippen MR) is 115 cm³/mol. The van der Waals surface area contributed by atoms with Crippen molar-refractivity contribution in [3.05, 3.63) is 62.9 Å². The summed E-state index contributed by atoms with van der Waals surface area (Å²) in [7, 11) is 2.11. The zero-order valence-electron chi connectivity index (χ0n) is 15.4. The highest BCUT2D eigenvalue weighted by Gasteiger charge is 2.31. The van der Waals surface area contributed by atoms with E-state index in [4.69, 9.17) is 23.2 Å². The molecule has 1 aliphatic rings. The lowest BCUT2D eigenvalue weighted by molar-refractivity contribution is 0.0966. The maximum absolute atomic E-state index is 13.3. The first-order chi connectivity index (χ1) is 13.5. The SMILES string of the molecule is CN1CCC(N(C(=O)c2cccs2)c2ccn(-c3ccc(Cl)cc3Cl)n2)CC1. The Bertz CT molecular complexity index is 965. The van der Waals surface area contributed by atoms with Gasteiger partial charge >= 0.3 is 0 Å². The lowest BCUT2D eigenvalue weighted by Gasteiger charge is -2.36. The van der Waals surface area contributed by atoms with Crippen molar-refractivity contribution in [1.29, 1.82) is 0 Å². The van der Waals surface area contributed by atoms with Gasteiger partial charge in [0, 0.05) is 23.3 Å². The van der Waals surface area contributed by atoms with E-state index >= 15 is 0 Å². The van der Waals surface area contributed by atoms with Gasteiger partial charge in [-0.15, -0.1) is 16.4 Å². The van der Waals surface area contributed by atoms with Crippen LogP contribution < -0.4 is 4.90 Å². The summed E-state index contributed by atoms with van der Waals surface area (Å²) < 4.78 is 1.69. The number of thiophene rings is 1. The number of aromatic nitrogens is 2. The minimum atomic E-state index is -0.00277. The summed E-state index contributed by atoms with van der Waals surface area (Å²) in [6.07, 6.45) is 3.67. The number of amides is 1. The van der Waals surface area contributed by atoms with Gasteiger partial charge in [-0.1, -0.05) is 29.3 Å². The van der Waals surface area contributed by atoms with E-state index < -0.39 is 0 Å². The Kier molecular flexibility index (Phi) is 5.73. The Morgan fingerprint density at radius 3 is 2.68 bits per heavy atom. The summed E-state index contributed by atoms with van der Waals surface area (Å²) in [5, 5.41) is 7.69. The van der Waals surface area contributed by atoms with E-state index in [1.165, 1.54) is 11.3 Å². The number of hydrogen-bond acceptors (Lipinski definition) is 4. The van der Waals surface area contributed by atoms with Gasteiger partial charge in [0.2, 0.25) is 0 Å². The highest BCUT2D eigenvalue weighted by Crippen LogP contribution is 2.28. The van der Waals surface area contributed by atoms with E-state index in [1.54, 1.807) is 16.8 Å². The lowest BCUT2D eigenvalue weighted by atomic mass is 10.0. The number of benzene rings is 1.